The van der Waals surface area contributed by atoms with Crippen molar-refractivity contribution in [2.24, 2.45) is 4.99 Å². The van der Waals surface area contributed by atoms with Crippen molar-refractivity contribution >= 4 is 23.0 Å². The molecular weight excluding hydrogens is 266 g/mol. The number of nitrogens with zero attached hydrogens (tertiary/aromatic N) is 3. The highest BCUT2D eigenvalue weighted by molar-refractivity contribution is 7.11. The standard InChI is InChI=1S/C12H11N3O3S/c1-7(16)11-14-15(12(19-11)13-8(2)17)9-3-5-10(18)6-4-9/h3-6,18H,1-2H3. The molecule has 0 spiro atoms. The fraction of sp³-hybridized carbons (Fsp3) is 0.167. The maximum atomic E-state index is 11.4. The monoisotopic (exact) mass is 277 g/mol. The number of ketones is 1. The van der Waals surface area contributed by atoms with Crippen molar-refractivity contribution in [2.45, 2.75) is 13.8 Å². The average Bonchev–Trinajstić information content (AvgIpc) is 2.73. The molecule has 0 atom stereocenters. The molecule has 0 aliphatic heterocycles. The van der Waals surface area contributed by atoms with E-state index >= 15 is 0 Å². The third kappa shape index (κ3) is 2.94. The van der Waals surface area contributed by atoms with Crippen LogP contribution in [0.3, 0.4) is 0 Å². The summed E-state index contributed by atoms with van der Waals surface area (Å²) in [5.74, 6) is -0.440. The number of phenols is 1. The van der Waals surface area contributed by atoms with E-state index in [4.69, 9.17) is 0 Å². The number of aromatic hydroxyl groups is 1. The van der Waals surface area contributed by atoms with Crippen LogP contribution in [-0.4, -0.2) is 26.6 Å². The third-order valence-electron chi connectivity index (χ3n) is 2.21. The zero-order chi connectivity index (χ0) is 14.0. The van der Waals surface area contributed by atoms with E-state index in [1.165, 1.54) is 30.7 Å². The van der Waals surface area contributed by atoms with Crippen molar-refractivity contribution in [3.63, 3.8) is 0 Å². The Morgan fingerprint density at radius 2 is 1.89 bits per heavy atom. The predicted octanol–water partition coefficient (Wildman–Crippen LogP) is 1.29. The topological polar surface area (TPSA) is 84.5 Å². The molecule has 1 N–H and O–H groups in total. The Hall–Kier alpha value is -2.28. The van der Waals surface area contributed by atoms with Crippen LogP contribution in [-0.2, 0) is 4.79 Å². The number of Topliss-reactive ketones (excluding diaryl/α,β-unsaturated/α-hetero) is 1. The minimum Gasteiger partial charge on any atom is -0.508 e. The SMILES string of the molecule is CC(=O)N=c1sc(C(C)=O)nn1-c1ccc(O)cc1. The van der Waals surface area contributed by atoms with Gasteiger partial charge in [-0.2, -0.15) is 10.1 Å². The van der Waals surface area contributed by atoms with Gasteiger partial charge in [0.15, 0.2) is 10.8 Å². The number of rotatable bonds is 2. The Bertz CT molecular complexity index is 698. The lowest BCUT2D eigenvalue weighted by atomic mass is 10.3. The molecule has 98 valence electrons. The Kier molecular flexibility index (Phi) is 3.57. The third-order valence-corrected chi connectivity index (χ3v) is 3.22. The van der Waals surface area contributed by atoms with Gasteiger partial charge in [-0.15, -0.1) is 0 Å². The highest BCUT2D eigenvalue weighted by Crippen LogP contribution is 2.13. The molecule has 19 heavy (non-hydrogen) atoms. The van der Waals surface area contributed by atoms with Crippen molar-refractivity contribution in [3.05, 3.63) is 34.1 Å². The van der Waals surface area contributed by atoms with Gasteiger partial charge in [-0.1, -0.05) is 11.3 Å². The molecule has 0 saturated heterocycles. The summed E-state index contributed by atoms with van der Waals surface area (Å²) in [6.45, 7) is 2.73. The number of benzene rings is 1. The van der Waals surface area contributed by atoms with Crippen LogP contribution in [0.4, 0.5) is 0 Å². The second kappa shape index (κ2) is 5.15. The van der Waals surface area contributed by atoms with Crippen LogP contribution in [0.2, 0.25) is 0 Å². The first kappa shape index (κ1) is 13.2. The van der Waals surface area contributed by atoms with E-state index < -0.39 is 0 Å². The molecule has 7 heteroatoms. The summed E-state index contributed by atoms with van der Waals surface area (Å²) in [5, 5.41) is 13.6. The van der Waals surface area contributed by atoms with Crippen molar-refractivity contribution in [3.8, 4) is 11.4 Å². The lowest BCUT2D eigenvalue weighted by Gasteiger charge is -2.00. The Balaban J connectivity index is 2.64. The number of aromatic nitrogens is 2. The molecule has 1 aromatic heterocycles. The summed E-state index contributed by atoms with van der Waals surface area (Å²) in [6.07, 6.45) is 0. The first-order valence-electron chi connectivity index (χ1n) is 5.43. The van der Waals surface area contributed by atoms with E-state index in [2.05, 4.69) is 10.1 Å². The van der Waals surface area contributed by atoms with Gasteiger partial charge in [-0.05, 0) is 24.3 Å². The number of phenolic OH excluding ortho intramolecular Hbond substituents is 1. The summed E-state index contributed by atoms with van der Waals surface area (Å²) in [7, 11) is 0. The molecular formula is C12H11N3O3S. The summed E-state index contributed by atoms with van der Waals surface area (Å²) in [6, 6.07) is 6.23. The van der Waals surface area contributed by atoms with Crippen LogP contribution in [0.1, 0.15) is 23.6 Å². The molecule has 0 aliphatic carbocycles. The maximum absolute atomic E-state index is 11.4. The minimum absolute atomic E-state index is 0.122. The Morgan fingerprint density at radius 3 is 2.42 bits per heavy atom. The van der Waals surface area contributed by atoms with Gasteiger partial charge in [-0.25, -0.2) is 4.68 Å². The highest BCUT2D eigenvalue weighted by Gasteiger charge is 2.11. The summed E-state index contributed by atoms with van der Waals surface area (Å²) in [5.41, 5.74) is 0.613. The second-order valence-corrected chi connectivity index (χ2v) is 4.76. The van der Waals surface area contributed by atoms with E-state index in [1.54, 1.807) is 12.1 Å². The Labute approximate surface area is 112 Å². The van der Waals surface area contributed by atoms with Crippen LogP contribution < -0.4 is 4.80 Å². The molecule has 0 radical (unpaired) electrons. The summed E-state index contributed by atoms with van der Waals surface area (Å²) in [4.78, 5) is 26.6. The van der Waals surface area contributed by atoms with Crippen molar-refractivity contribution in [1.29, 1.82) is 0 Å². The average molecular weight is 277 g/mol. The molecule has 2 rings (SSSR count). The zero-order valence-corrected chi connectivity index (χ0v) is 11.1. The smallest absolute Gasteiger partial charge is 0.245 e. The van der Waals surface area contributed by atoms with Crippen LogP contribution in [0.25, 0.3) is 5.69 Å². The quantitative estimate of drug-likeness (QED) is 0.838. The minimum atomic E-state index is -0.369. The molecule has 0 unspecified atom stereocenters. The number of amides is 1. The van der Waals surface area contributed by atoms with Gasteiger partial charge in [0.2, 0.25) is 10.7 Å². The number of carbonyl (C=O) groups is 2. The van der Waals surface area contributed by atoms with E-state index in [9.17, 15) is 14.7 Å². The van der Waals surface area contributed by atoms with Crippen molar-refractivity contribution in [1.82, 2.24) is 9.78 Å². The van der Waals surface area contributed by atoms with Gasteiger partial charge in [-0.3, -0.25) is 9.59 Å². The first-order valence-corrected chi connectivity index (χ1v) is 6.25. The fourth-order valence-corrected chi connectivity index (χ4v) is 2.24. The van der Waals surface area contributed by atoms with Gasteiger partial charge in [0.05, 0.1) is 5.69 Å². The molecule has 6 nitrogen and oxygen atoms in total. The van der Waals surface area contributed by atoms with Gasteiger partial charge in [0.1, 0.15) is 5.75 Å². The van der Waals surface area contributed by atoms with Gasteiger partial charge in [0.25, 0.3) is 0 Å². The predicted molar refractivity (Wildman–Crippen MR) is 69.4 cm³/mol. The van der Waals surface area contributed by atoms with Crippen LogP contribution >= 0.6 is 11.3 Å². The second-order valence-electron chi connectivity index (χ2n) is 3.80. The normalized spacial score (nSPS) is 11.6. The van der Waals surface area contributed by atoms with Crippen LogP contribution in [0.15, 0.2) is 29.3 Å². The van der Waals surface area contributed by atoms with Gasteiger partial charge >= 0.3 is 0 Å². The maximum Gasteiger partial charge on any atom is 0.245 e. The number of hydrogen-bond acceptors (Lipinski definition) is 5. The van der Waals surface area contributed by atoms with Gasteiger partial charge in [0, 0.05) is 13.8 Å². The number of hydrogen-bond donors (Lipinski definition) is 1. The first-order chi connectivity index (χ1) is 8.97. The van der Waals surface area contributed by atoms with E-state index in [0.717, 1.165) is 11.3 Å². The molecule has 1 heterocycles. The van der Waals surface area contributed by atoms with Crippen LogP contribution in [0, 0.1) is 0 Å². The number of carbonyl (C=O) groups excluding carboxylic acids is 2. The Morgan fingerprint density at radius 1 is 1.26 bits per heavy atom. The van der Waals surface area contributed by atoms with Crippen molar-refractivity contribution in [2.75, 3.05) is 0 Å². The van der Waals surface area contributed by atoms with Crippen LogP contribution in [0.5, 0.6) is 5.75 Å². The lowest BCUT2D eigenvalue weighted by molar-refractivity contribution is -0.116. The molecule has 0 fully saturated rings. The molecule has 0 saturated carbocycles. The van der Waals surface area contributed by atoms with Crippen molar-refractivity contribution < 1.29 is 14.7 Å². The van der Waals surface area contributed by atoms with E-state index in [0.29, 0.717) is 10.5 Å². The largest absolute Gasteiger partial charge is 0.508 e. The van der Waals surface area contributed by atoms with E-state index in [-0.39, 0.29) is 22.4 Å². The summed E-state index contributed by atoms with van der Waals surface area (Å²) < 4.78 is 1.40. The van der Waals surface area contributed by atoms with E-state index in [1.807, 2.05) is 0 Å². The summed E-state index contributed by atoms with van der Waals surface area (Å²) >= 11 is 1.05. The molecule has 0 bridgehead atoms. The lowest BCUT2D eigenvalue weighted by Crippen LogP contribution is -2.15. The molecule has 1 amide bonds. The fourth-order valence-electron chi connectivity index (χ4n) is 1.39. The highest BCUT2D eigenvalue weighted by atomic mass is 32.1. The van der Waals surface area contributed by atoms with Gasteiger partial charge < -0.3 is 5.11 Å². The zero-order valence-electron chi connectivity index (χ0n) is 10.3. The molecule has 0 aliphatic rings. The molecule has 1 aromatic carbocycles. The molecule has 2 aromatic rings.